The summed E-state index contributed by atoms with van der Waals surface area (Å²) in [6.07, 6.45) is 2.67. The summed E-state index contributed by atoms with van der Waals surface area (Å²) in [5.41, 5.74) is 0.432. The summed E-state index contributed by atoms with van der Waals surface area (Å²) in [5, 5.41) is 2.48. The van der Waals surface area contributed by atoms with Crippen LogP contribution in [-0.2, 0) is 9.59 Å². The molecule has 0 fully saturated rings. The largest absolute Gasteiger partial charge is 0.467 e. The number of aromatic nitrogens is 2. The highest BCUT2D eigenvalue weighted by Gasteiger charge is 2.05. The van der Waals surface area contributed by atoms with Crippen LogP contribution in [0.4, 0.5) is 5.69 Å². The lowest BCUT2D eigenvalue weighted by molar-refractivity contribution is -0.124. The number of carbonyl (C=O) groups is 2. The van der Waals surface area contributed by atoms with Crippen LogP contribution >= 0.6 is 0 Å². The zero-order chi connectivity index (χ0) is 11.3. The van der Waals surface area contributed by atoms with Gasteiger partial charge < -0.3 is 10.1 Å². The van der Waals surface area contributed by atoms with Crippen LogP contribution in [0.2, 0.25) is 0 Å². The molecular weight excluding hydrogens is 198 g/mol. The summed E-state index contributed by atoms with van der Waals surface area (Å²) in [5.74, 6) is -0.571. The lowest BCUT2D eigenvalue weighted by Crippen LogP contribution is -2.15. The molecule has 6 nitrogen and oxygen atoms in total. The van der Waals surface area contributed by atoms with Crippen molar-refractivity contribution in [3.05, 3.63) is 12.4 Å². The second-order valence-corrected chi connectivity index (χ2v) is 2.89. The third-order valence-electron chi connectivity index (χ3n) is 1.50. The van der Waals surface area contributed by atoms with Crippen molar-refractivity contribution < 1.29 is 14.3 Å². The Morgan fingerprint density at radius 3 is 2.47 bits per heavy atom. The van der Waals surface area contributed by atoms with Crippen LogP contribution in [0.5, 0.6) is 6.01 Å². The van der Waals surface area contributed by atoms with Gasteiger partial charge in [-0.2, -0.15) is 0 Å². The average molecular weight is 209 g/mol. The highest BCUT2D eigenvalue weighted by molar-refractivity contribution is 6.03. The predicted molar refractivity (Wildman–Crippen MR) is 52.5 cm³/mol. The Hall–Kier alpha value is -1.98. The van der Waals surface area contributed by atoms with E-state index in [4.69, 9.17) is 4.74 Å². The molecule has 1 aromatic heterocycles. The zero-order valence-electron chi connectivity index (χ0n) is 8.48. The summed E-state index contributed by atoms with van der Waals surface area (Å²) >= 11 is 0. The first kappa shape index (κ1) is 11.1. The molecule has 15 heavy (non-hydrogen) atoms. The molecule has 1 rings (SSSR count). The van der Waals surface area contributed by atoms with Gasteiger partial charge in [0.05, 0.1) is 31.6 Å². The normalized spacial score (nSPS) is 9.47. The quantitative estimate of drug-likeness (QED) is 0.726. The lowest BCUT2D eigenvalue weighted by atomic mass is 10.3. The van der Waals surface area contributed by atoms with Crippen LogP contribution in [0.15, 0.2) is 12.4 Å². The number of carbonyl (C=O) groups excluding carboxylic acids is 2. The van der Waals surface area contributed by atoms with E-state index in [9.17, 15) is 9.59 Å². The van der Waals surface area contributed by atoms with E-state index in [2.05, 4.69) is 15.3 Å². The molecule has 1 heterocycles. The maximum absolute atomic E-state index is 11.2. The molecular formula is C9H11N3O3. The third kappa shape index (κ3) is 3.72. The van der Waals surface area contributed by atoms with Gasteiger partial charge in [-0.15, -0.1) is 0 Å². The van der Waals surface area contributed by atoms with Crippen molar-refractivity contribution in [3.63, 3.8) is 0 Å². The molecule has 0 aromatic carbocycles. The number of anilines is 1. The molecule has 1 aromatic rings. The van der Waals surface area contributed by atoms with Gasteiger partial charge in [0.25, 0.3) is 0 Å². The van der Waals surface area contributed by atoms with E-state index in [-0.39, 0.29) is 24.1 Å². The molecule has 0 radical (unpaired) electrons. The number of nitrogens with one attached hydrogen (secondary N) is 1. The molecule has 0 aliphatic carbocycles. The molecule has 0 aliphatic heterocycles. The Bertz CT molecular complexity index is 361. The van der Waals surface area contributed by atoms with Gasteiger partial charge >= 0.3 is 6.01 Å². The first-order valence-electron chi connectivity index (χ1n) is 4.27. The minimum Gasteiger partial charge on any atom is -0.467 e. The molecule has 1 N–H and O–H groups in total. The molecule has 80 valence electrons. The van der Waals surface area contributed by atoms with Crippen molar-refractivity contribution in [1.29, 1.82) is 0 Å². The molecule has 0 unspecified atom stereocenters. The Labute approximate surface area is 86.7 Å². The first-order chi connectivity index (χ1) is 7.11. The second-order valence-electron chi connectivity index (χ2n) is 2.89. The van der Waals surface area contributed by atoms with Gasteiger partial charge in [0.2, 0.25) is 5.91 Å². The van der Waals surface area contributed by atoms with Crippen molar-refractivity contribution in [1.82, 2.24) is 9.97 Å². The van der Waals surface area contributed by atoms with E-state index in [0.717, 1.165) is 0 Å². The van der Waals surface area contributed by atoms with Gasteiger partial charge in [0, 0.05) is 0 Å². The van der Waals surface area contributed by atoms with E-state index >= 15 is 0 Å². The number of Topliss-reactive ketones (excluding diaryl/α,β-unsaturated/α-hetero) is 1. The molecule has 0 spiro atoms. The van der Waals surface area contributed by atoms with Crippen molar-refractivity contribution in [2.75, 3.05) is 12.4 Å². The summed E-state index contributed by atoms with van der Waals surface area (Å²) in [7, 11) is 1.45. The fraction of sp³-hybridized carbons (Fsp3) is 0.333. The second kappa shape index (κ2) is 5.04. The monoisotopic (exact) mass is 209 g/mol. The maximum Gasteiger partial charge on any atom is 0.316 e. The number of ketones is 1. The Kier molecular flexibility index (Phi) is 3.73. The number of ether oxygens (including phenoxy) is 1. The number of hydrogen-bond donors (Lipinski definition) is 1. The third-order valence-corrected chi connectivity index (χ3v) is 1.50. The number of amides is 1. The Morgan fingerprint density at radius 2 is 2.00 bits per heavy atom. The Morgan fingerprint density at radius 1 is 1.40 bits per heavy atom. The molecule has 1 amide bonds. The van der Waals surface area contributed by atoms with Crippen molar-refractivity contribution >= 4 is 17.4 Å². The van der Waals surface area contributed by atoms with Crippen LogP contribution < -0.4 is 10.1 Å². The fourth-order valence-electron chi connectivity index (χ4n) is 0.917. The van der Waals surface area contributed by atoms with E-state index in [1.54, 1.807) is 0 Å². The van der Waals surface area contributed by atoms with Gasteiger partial charge in [0.1, 0.15) is 5.78 Å². The molecule has 0 aliphatic rings. The molecule has 6 heteroatoms. The van der Waals surface area contributed by atoms with Gasteiger partial charge in [-0.25, -0.2) is 9.97 Å². The van der Waals surface area contributed by atoms with Crippen LogP contribution in [0.25, 0.3) is 0 Å². The fourth-order valence-corrected chi connectivity index (χ4v) is 0.917. The standard InChI is InChI=1S/C9H11N3O3/c1-6(13)3-8(14)12-7-4-10-9(15-2)11-5-7/h4-5H,3H2,1-2H3,(H,12,14). The van der Waals surface area contributed by atoms with E-state index in [0.29, 0.717) is 5.69 Å². The average Bonchev–Trinajstić information content (AvgIpc) is 2.17. The van der Waals surface area contributed by atoms with Crippen LogP contribution in [0, 0.1) is 0 Å². The van der Waals surface area contributed by atoms with Crippen LogP contribution in [-0.4, -0.2) is 28.8 Å². The highest BCUT2D eigenvalue weighted by atomic mass is 16.5. The summed E-state index contributed by atoms with van der Waals surface area (Å²) in [6.45, 7) is 1.35. The minimum absolute atomic E-state index is 0.147. The first-order valence-corrected chi connectivity index (χ1v) is 4.27. The topological polar surface area (TPSA) is 81.2 Å². The smallest absolute Gasteiger partial charge is 0.316 e. The molecule has 0 atom stereocenters. The van der Waals surface area contributed by atoms with Crippen LogP contribution in [0.1, 0.15) is 13.3 Å². The van der Waals surface area contributed by atoms with Gasteiger partial charge in [-0.05, 0) is 6.92 Å². The van der Waals surface area contributed by atoms with E-state index < -0.39 is 0 Å². The van der Waals surface area contributed by atoms with Gasteiger partial charge in [-0.3, -0.25) is 9.59 Å². The SMILES string of the molecule is COc1ncc(NC(=O)CC(C)=O)cn1. The minimum atomic E-state index is -0.378. The number of rotatable bonds is 4. The molecule has 0 saturated carbocycles. The number of hydrogen-bond acceptors (Lipinski definition) is 5. The zero-order valence-corrected chi connectivity index (χ0v) is 8.48. The van der Waals surface area contributed by atoms with E-state index in [1.165, 1.54) is 26.4 Å². The predicted octanol–water partition coefficient (Wildman–Crippen LogP) is 0.403. The Balaban J connectivity index is 2.57. The summed E-state index contributed by atoms with van der Waals surface area (Å²) in [4.78, 5) is 29.4. The van der Waals surface area contributed by atoms with Crippen molar-refractivity contribution in [2.24, 2.45) is 0 Å². The van der Waals surface area contributed by atoms with Crippen LogP contribution in [0.3, 0.4) is 0 Å². The molecule has 0 bridgehead atoms. The number of methoxy groups -OCH3 is 1. The van der Waals surface area contributed by atoms with Gasteiger partial charge in [0.15, 0.2) is 0 Å². The number of nitrogens with zero attached hydrogens (tertiary/aromatic N) is 2. The summed E-state index contributed by atoms with van der Waals surface area (Å²) < 4.78 is 4.75. The lowest BCUT2D eigenvalue weighted by Gasteiger charge is -2.03. The summed E-state index contributed by atoms with van der Waals surface area (Å²) in [6, 6.07) is 0.222. The highest BCUT2D eigenvalue weighted by Crippen LogP contribution is 2.06. The van der Waals surface area contributed by atoms with Gasteiger partial charge in [-0.1, -0.05) is 0 Å². The van der Waals surface area contributed by atoms with Crippen molar-refractivity contribution in [2.45, 2.75) is 13.3 Å². The van der Waals surface area contributed by atoms with E-state index in [1.807, 2.05) is 0 Å². The molecule has 0 saturated heterocycles. The maximum atomic E-state index is 11.2. The van der Waals surface area contributed by atoms with Crippen molar-refractivity contribution in [3.8, 4) is 6.01 Å².